The molecule has 1 aromatic carbocycles. The third kappa shape index (κ3) is 3.92. The van der Waals surface area contributed by atoms with Gasteiger partial charge in [-0.1, -0.05) is 19.9 Å². The van der Waals surface area contributed by atoms with Crippen molar-refractivity contribution in [3.05, 3.63) is 29.6 Å². The molecular formula is C17H27FN2S. The van der Waals surface area contributed by atoms with E-state index in [2.05, 4.69) is 44.0 Å². The second-order valence-corrected chi connectivity index (χ2v) is 7.38. The molecule has 1 saturated heterocycles. The summed E-state index contributed by atoms with van der Waals surface area (Å²) in [5.74, 6) is 0.977. The molecule has 1 fully saturated rings. The van der Waals surface area contributed by atoms with Gasteiger partial charge >= 0.3 is 0 Å². The fourth-order valence-corrected chi connectivity index (χ4v) is 3.88. The molecule has 118 valence electrons. The van der Waals surface area contributed by atoms with E-state index in [-0.39, 0.29) is 11.9 Å². The Morgan fingerprint density at radius 1 is 1.43 bits per heavy atom. The first-order valence-corrected chi connectivity index (χ1v) is 9.00. The summed E-state index contributed by atoms with van der Waals surface area (Å²) in [4.78, 5) is 2.21. The van der Waals surface area contributed by atoms with Gasteiger partial charge in [-0.05, 0) is 44.5 Å². The molecule has 0 bridgehead atoms. The summed E-state index contributed by atoms with van der Waals surface area (Å²) >= 11 is 1.97. The van der Waals surface area contributed by atoms with Crippen LogP contribution in [0.15, 0.2) is 18.2 Å². The van der Waals surface area contributed by atoms with Gasteiger partial charge in [0.2, 0.25) is 0 Å². The topological polar surface area (TPSA) is 15.3 Å². The number of benzene rings is 1. The Bertz CT molecular complexity index is 466. The number of hydrogen-bond donors (Lipinski definition) is 1. The maximum Gasteiger partial charge on any atom is 0.146 e. The number of nitrogens with zero attached hydrogens (tertiary/aromatic N) is 1. The van der Waals surface area contributed by atoms with Crippen LogP contribution in [0.1, 0.15) is 45.7 Å². The van der Waals surface area contributed by atoms with E-state index in [4.69, 9.17) is 0 Å². The molecule has 1 aliphatic heterocycles. The lowest BCUT2D eigenvalue weighted by Crippen LogP contribution is -2.45. The molecule has 0 spiro atoms. The van der Waals surface area contributed by atoms with E-state index in [0.717, 1.165) is 36.5 Å². The van der Waals surface area contributed by atoms with E-state index in [0.29, 0.717) is 11.3 Å². The van der Waals surface area contributed by atoms with E-state index in [1.807, 2.05) is 17.8 Å². The van der Waals surface area contributed by atoms with Crippen LogP contribution in [-0.4, -0.2) is 30.1 Å². The quantitative estimate of drug-likeness (QED) is 0.877. The molecule has 21 heavy (non-hydrogen) atoms. The average Bonchev–Trinajstić information content (AvgIpc) is 2.48. The number of thioether (sulfide) groups is 1. The minimum absolute atomic E-state index is 0.0939. The van der Waals surface area contributed by atoms with Crippen LogP contribution in [0.3, 0.4) is 0 Å². The lowest BCUT2D eigenvalue weighted by Gasteiger charge is -2.39. The van der Waals surface area contributed by atoms with Crippen molar-refractivity contribution in [1.82, 2.24) is 5.32 Å². The van der Waals surface area contributed by atoms with Crippen LogP contribution < -0.4 is 10.2 Å². The second-order valence-electron chi connectivity index (χ2n) is 5.90. The third-order valence-electron chi connectivity index (χ3n) is 4.37. The molecule has 0 saturated carbocycles. The highest BCUT2D eigenvalue weighted by Gasteiger charge is 2.27. The minimum Gasteiger partial charge on any atom is -0.365 e. The first-order chi connectivity index (χ1) is 10.0. The Kier molecular flexibility index (Phi) is 5.94. The Labute approximate surface area is 132 Å². The second kappa shape index (κ2) is 7.50. The SMILES string of the molecule is CCCNC(C)c1ccc(N2CCSC(C)C2C)c(F)c1. The first kappa shape index (κ1) is 16.6. The van der Waals surface area contributed by atoms with Crippen molar-refractivity contribution in [3.63, 3.8) is 0 Å². The normalized spacial score (nSPS) is 24.1. The van der Waals surface area contributed by atoms with Crippen LogP contribution in [0, 0.1) is 5.82 Å². The highest BCUT2D eigenvalue weighted by atomic mass is 32.2. The van der Waals surface area contributed by atoms with E-state index in [9.17, 15) is 4.39 Å². The van der Waals surface area contributed by atoms with Gasteiger partial charge in [0, 0.05) is 29.6 Å². The lowest BCUT2D eigenvalue weighted by molar-refractivity contribution is 0.555. The highest BCUT2D eigenvalue weighted by Crippen LogP contribution is 2.31. The maximum absolute atomic E-state index is 14.5. The van der Waals surface area contributed by atoms with Gasteiger partial charge < -0.3 is 10.2 Å². The van der Waals surface area contributed by atoms with Crippen molar-refractivity contribution in [2.24, 2.45) is 0 Å². The molecule has 3 atom stereocenters. The van der Waals surface area contributed by atoms with Crippen LogP contribution in [0.2, 0.25) is 0 Å². The first-order valence-electron chi connectivity index (χ1n) is 7.95. The van der Waals surface area contributed by atoms with Crippen LogP contribution in [0.25, 0.3) is 0 Å². The van der Waals surface area contributed by atoms with Crippen molar-refractivity contribution in [2.75, 3.05) is 23.7 Å². The molecule has 0 aromatic heterocycles. The summed E-state index contributed by atoms with van der Waals surface area (Å²) in [7, 11) is 0. The fourth-order valence-electron chi connectivity index (χ4n) is 2.78. The van der Waals surface area contributed by atoms with Crippen molar-refractivity contribution in [1.29, 1.82) is 0 Å². The Balaban J connectivity index is 2.15. The van der Waals surface area contributed by atoms with Gasteiger partial charge in [-0.3, -0.25) is 0 Å². The molecule has 0 amide bonds. The number of nitrogens with one attached hydrogen (secondary N) is 1. The van der Waals surface area contributed by atoms with Gasteiger partial charge in [-0.15, -0.1) is 0 Å². The zero-order chi connectivity index (χ0) is 15.4. The average molecular weight is 310 g/mol. The maximum atomic E-state index is 14.5. The lowest BCUT2D eigenvalue weighted by atomic mass is 10.1. The van der Waals surface area contributed by atoms with Crippen molar-refractivity contribution in [3.8, 4) is 0 Å². The molecular weight excluding hydrogens is 283 g/mol. The summed E-state index contributed by atoms with van der Waals surface area (Å²) < 4.78 is 14.5. The van der Waals surface area contributed by atoms with Crippen LogP contribution >= 0.6 is 11.8 Å². The zero-order valence-corrected chi connectivity index (χ0v) is 14.3. The van der Waals surface area contributed by atoms with Crippen molar-refractivity contribution < 1.29 is 4.39 Å². The number of hydrogen-bond acceptors (Lipinski definition) is 3. The van der Waals surface area contributed by atoms with E-state index in [1.165, 1.54) is 0 Å². The molecule has 3 unspecified atom stereocenters. The Hall–Kier alpha value is -0.740. The molecule has 1 N–H and O–H groups in total. The molecule has 1 heterocycles. The van der Waals surface area contributed by atoms with E-state index in [1.54, 1.807) is 6.07 Å². The number of anilines is 1. The Morgan fingerprint density at radius 2 is 2.19 bits per heavy atom. The predicted octanol–water partition coefficient (Wildman–Crippen LogP) is 4.22. The number of rotatable bonds is 5. The molecule has 4 heteroatoms. The standard InChI is InChI=1S/C17H27FN2S/c1-5-8-19-12(2)15-6-7-17(16(18)11-15)20-9-10-21-14(4)13(20)3/h6-7,11-14,19H,5,8-10H2,1-4H3. The summed E-state index contributed by atoms with van der Waals surface area (Å²) in [6.07, 6.45) is 1.09. The largest absolute Gasteiger partial charge is 0.365 e. The van der Waals surface area contributed by atoms with Crippen LogP contribution in [0.4, 0.5) is 10.1 Å². The fraction of sp³-hybridized carbons (Fsp3) is 0.647. The molecule has 0 aliphatic carbocycles. The summed E-state index contributed by atoms with van der Waals surface area (Å²) in [5.41, 5.74) is 1.78. The number of halogens is 1. The Morgan fingerprint density at radius 3 is 2.86 bits per heavy atom. The van der Waals surface area contributed by atoms with E-state index >= 15 is 0 Å². The van der Waals surface area contributed by atoms with Crippen LogP contribution in [-0.2, 0) is 0 Å². The molecule has 0 radical (unpaired) electrons. The highest BCUT2D eigenvalue weighted by molar-refractivity contribution is 8.00. The molecule has 1 aromatic rings. The van der Waals surface area contributed by atoms with Gasteiger partial charge in [0.05, 0.1) is 5.69 Å². The van der Waals surface area contributed by atoms with Gasteiger partial charge in [-0.25, -0.2) is 4.39 Å². The van der Waals surface area contributed by atoms with Gasteiger partial charge in [0.1, 0.15) is 5.82 Å². The summed E-state index contributed by atoms with van der Waals surface area (Å²) in [5, 5.41) is 3.95. The van der Waals surface area contributed by atoms with Crippen LogP contribution in [0.5, 0.6) is 0 Å². The monoisotopic (exact) mass is 310 g/mol. The van der Waals surface area contributed by atoms with Crippen molar-refractivity contribution in [2.45, 2.75) is 51.4 Å². The molecule has 2 rings (SSSR count). The smallest absolute Gasteiger partial charge is 0.146 e. The predicted molar refractivity (Wildman–Crippen MR) is 91.8 cm³/mol. The van der Waals surface area contributed by atoms with Gasteiger partial charge in [-0.2, -0.15) is 11.8 Å². The van der Waals surface area contributed by atoms with Crippen molar-refractivity contribution >= 4 is 17.4 Å². The molecule has 2 nitrogen and oxygen atoms in total. The summed E-state index contributed by atoms with van der Waals surface area (Å²) in [6.45, 7) is 10.5. The van der Waals surface area contributed by atoms with Gasteiger partial charge in [0.25, 0.3) is 0 Å². The summed E-state index contributed by atoms with van der Waals surface area (Å²) in [6, 6.07) is 6.28. The third-order valence-corrected chi connectivity index (χ3v) is 5.70. The van der Waals surface area contributed by atoms with Gasteiger partial charge in [0.15, 0.2) is 0 Å². The van der Waals surface area contributed by atoms with E-state index < -0.39 is 0 Å². The minimum atomic E-state index is -0.0939. The molecule has 1 aliphatic rings. The zero-order valence-electron chi connectivity index (χ0n) is 13.5.